The minimum atomic E-state index is -2.16. The molecule has 0 aromatic carbocycles. The number of fused-ring (bicyclic) bond motifs is 1. The first-order valence-electron chi connectivity index (χ1n) is 13.0. The zero-order chi connectivity index (χ0) is 34.7. The summed E-state index contributed by atoms with van der Waals surface area (Å²) >= 11 is 0. The molecular formula is C24H29N7O15. The van der Waals surface area contributed by atoms with Crippen LogP contribution >= 0.6 is 0 Å². The van der Waals surface area contributed by atoms with Gasteiger partial charge in [0.1, 0.15) is 6.33 Å². The molecule has 46 heavy (non-hydrogen) atoms. The van der Waals surface area contributed by atoms with Crippen molar-refractivity contribution in [2.24, 2.45) is 7.05 Å². The molecule has 0 aliphatic heterocycles. The minimum absolute atomic E-state index is 0.240. The van der Waals surface area contributed by atoms with Crippen LogP contribution in [0.3, 0.4) is 0 Å². The largest absolute Gasteiger partial charge is 0.479 e. The predicted molar refractivity (Wildman–Crippen MR) is 143 cm³/mol. The van der Waals surface area contributed by atoms with E-state index in [1.165, 1.54) is 21.0 Å². The number of nitrogens with one attached hydrogen (secondary N) is 2. The van der Waals surface area contributed by atoms with Gasteiger partial charge in [-0.2, -0.15) is 4.68 Å². The number of aryl methyl sites for hydroxylation is 1. The summed E-state index contributed by atoms with van der Waals surface area (Å²) < 4.78 is 20.8. The van der Waals surface area contributed by atoms with Crippen LogP contribution < -0.4 is 16.3 Å². The third-order valence-electron chi connectivity index (χ3n) is 5.84. The second-order valence-electron chi connectivity index (χ2n) is 9.14. The van der Waals surface area contributed by atoms with Crippen molar-refractivity contribution in [3.8, 4) is 0 Å². The number of ether oxygens (including phenoxy) is 4. The van der Waals surface area contributed by atoms with Crippen molar-refractivity contribution >= 4 is 53.1 Å². The molecule has 2 rings (SSSR count). The van der Waals surface area contributed by atoms with Crippen molar-refractivity contribution in [2.45, 2.75) is 50.6 Å². The molecule has 0 saturated carbocycles. The number of imidazole rings is 1. The summed E-state index contributed by atoms with van der Waals surface area (Å²) in [6.45, 7) is 0.359. The number of carboxylic acids is 2. The molecule has 22 nitrogen and oxygen atoms in total. The third kappa shape index (κ3) is 9.87. The highest BCUT2D eigenvalue weighted by molar-refractivity contribution is 6.02. The second kappa shape index (κ2) is 16.3. The molecule has 2 heterocycles. The molecular weight excluding hydrogens is 626 g/mol. The number of likely N-dealkylation sites (N-methyl/N-ethyl adjacent to an activating group) is 1. The van der Waals surface area contributed by atoms with Crippen molar-refractivity contribution < 1.29 is 67.5 Å². The molecule has 4 N–H and O–H groups in total. The van der Waals surface area contributed by atoms with Gasteiger partial charge in [0.2, 0.25) is 11.9 Å². The third-order valence-corrected chi connectivity index (χ3v) is 5.84. The van der Waals surface area contributed by atoms with Crippen LogP contribution in [-0.2, 0) is 59.6 Å². The van der Waals surface area contributed by atoms with E-state index in [-0.39, 0.29) is 11.3 Å². The predicted octanol–water partition coefficient (Wildman–Crippen LogP) is -4.02. The first-order chi connectivity index (χ1) is 21.6. The van der Waals surface area contributed by atoms with E-state index in [4.69, 9.17) is 19.3 Å². The molecule has 2 aromatic heterocycles. The van der Waals surface area contributed by atoms with Gasteiger partial charge < -0.3 is 39.8 Å². The van der Waals surface area contributed by atoms with Crippen LogP contribution in [0.15, 0.2) is 11.1 Å². The maximum Gasteiger partial charge on any atom is 0.352 e. The number of aromatic nitrogens is 5. The van der Waals surface area contributed by atoms with Gasteiger partial charge in [-0.3, -0.25) is 28.8 Å². The number of hydrogen-bond donors (Lipinski definition) is 4. The topological polar surface area (TPSA) is 303 Å². The van der Waals surface area contributed by atoms with E-state index in [1.807, 2.05) is 0 Å². The van der Waals surface area contributed by atoms with Crippen molar-refractivity contribution in [3.05, 3.63) is 22.5 Å². The fourth-order valence-electron chi connectivity index (χ4n) is 3.45. The first-order valence-corrected chi connectivity index (χ1v) is 13.0. The summed E-state index contributed by atoms with van der Waals surface area (Å²) in [5, 5.41) is 30.0. The lowest BCUT2D eigenvalue weighted by Gasteiger charge is -2.19. The number of carboxylic acid groups (broad SMARTS) is 2. The van der Waals surface area contributed by atoms with E-state index < -0.39 is 103 Å². The highest BCUT2D eigenvalue weighted by atomic mass is 16.6. The molecule has 0 saturated heterocycles. The molecule has 0 aliphatic rings. The monoisotopic (exact) mass is 655 g/mol. The van der Waals surface area contributed by atoms with Gasteiger partial charge in [0, 0.05) is 21.2 Å². The second-order valence-corrected chi connectivity index (χ2v) is 9.14. The highest BCUT2D eigenvalue weighted by Crippen LogP contribution is 2.11. The number of amides is 2. The Morgan fingerprint density at radius 2 is 1.41 bits per heavy atom. The Hall–Kier alpha value is -5.80. The van der Waals surface area contributed by atoms with Crippen LogP contribution in [0.1, 0.15) is 36.7 Å². The Labute approximate surface area is 256 Å². The average molecular weight is 656 g/mol. The van der Waals surface area contributed by atoms with Gasteiger partial charge in [-0.05, 0) is 6.92 Å². The molecule has 250 valence electrons. The van der Waals surface area contributed by atoms with E-state index in [9.17, 15) is 48.3 Å². The molecule has 0 aliphatic carbocycles. The molecule has 4 atom stereocenters. The van der Waals surface area contributed by atoms with Crippen molar-refractivity contribution in [2.75, 3.05) is 20.7 Å². The van der Waals surface area contributed by atoms with E-state index in [2.05, 4.69) is 30.7 Å². The quantitative estimate of drug-likeness (QED) is 0.0716. The summed E-state index contributed by atoms with van der Waals surface area (Å²) in [5.41, 5.74) is -1.29. The van der Waals surface area contributed by atoms with Crippen molar-refractivity contribution in [1.29, 1.82) is 0 Å². The number of nitrogens with zero attached hydrogens (tertiary/aromatic N) is 5. The van der Waals surface area contributed by atoms with Gasteiger partial charge in [0.05, 0.1) is 25.8 Å². The summed E-state index contributed by atoms with van der Waals surface area (Å²) in [4.78, 5) is 113. The fourth-order valence-corrected chi connectivity index (χ4v) is 3.45. The number of Topliss-reactive ketones (excluding diaryl/α,β-unsaturated/α-hetero) is 1. The van der Waals surface area contributed by atoms with Crippen LogP contribution in [0, 0.1) is 0 Å². The Kier molecular flexibility index (Phi) is 12.9. The SMILES string of the molecule is CNC(=O)C(C)OC(=O)CC(OC(=O)CC(OC(=O)CC(OC)C(=O)O)C(=O)NCC(=O)c1ncn2c(=O)n(C)nnc12)C(=O)O. The highest BCUT2D eigenvalue weighted by Gasteiger charge is 2.33. The number of ketones is 1. The maximum atomic E-state index is 12.9. The number of hydrogen-bond acceptors (Lipinski definition) is 16. The number of carbonyl (C=O) groups is 8. The van der Waals surface area contributed by atoms with Crippen LogP contribution in [0.25, 0.3) is 5.65 Å². The van der Waals surface area contributed by atoms with Gasteiger partial charge in [-0.25, -0.2) is 23.8 Å². The van der Waals surface area contributed by atoms with Gasteiger partial charge in [-0.1, -0.05) is 5.21 Å². The molecule has 2 aromatic rings. The maximum absolute atomic E-state index is 12.9. The first kappa shape index (κ1) is 36.4. The summed E-state index contributed by atoms with van der Waals surface area (Å²) in [6.07, 6.45) is -9.43. The Morgan fingerprint density at radius 3 is 1.98 bits per heavy atom. The number of methoxy groups -OCH3 is 1. The normalized spacial score (nSPS) is 13.4. The average Bonchev–Trinajstić information content (AvgIpc) is 3.43. The van der Waals surface area contributed by atoms with E-state index in [0.717, 1.165) is 22.5 Å². The van der Waals surface area contributed by atoms with Gasteiger partial charge in [0.25, 0.3) is 11.8 Å². The summed E-state index contributed by atoms with van der Waals surface area (Å²) in [7, 11) is 3.54. The minimum Gasteiger partial charge on any atom is -0.479 e. The fraction of sp³-hybridized carbons (Fsp3) is 0.500. The molecule has 0 spiro atoms. The molecule has 2 amide bonds. The lowest BCUT2D eigenvalue weighted by molar-refractivity contribution is -0.174. The van der Waals surface area contributed by atoms with Crippen LogP contribution in [0.4, 0.5) is 0 Å². The summed E-state index contributed by atoms with van der Waals surface area (Å²) in [5.74, 6) is -10.3. The van der Waals surface area contributed by atoms with Gasteiger partial charge in [-0.15, -0.1) is 5.10 Å². The van der Waals surface area contributed by atoms with Gasteiger partial charge in [0.15, 0.2) is 29.7 Å². The molecule has 0 fully saturated rings. The van der Waals surface area contributed by atoms with E-state index in [1.54, 1.807) is 0 Å². The van der Waals surface area contributed by atoms with E-state index >= 15 is 0 Å². The zero-order valence-corrected chi connectivity index (χ0v) is 24.7. The lowest BCUT2D eigenvalue weighted by Crippen LogP contribution is -2.43. The molecule has 0 radical (unpaired) electrons. The lowest BCUT2D eigenvalue weighted by atomic mass is 10.2. The number of aliphatic carboxylic acids is 2. The molecule has 4 unspecified atom stereocenters. The number of rotatable bonds is 17. The summed E-state index contributed by atoms with van der Waals surface area (Å²) in [6, 6.07) is 0. The zero-order valence-electron chi connectivity index (χ0n) is 24.7. The Bertz CT molecular complexity index is 1580. The van der Waals surface area contributed by atoms with Gasteiger partial charge >= 0.3 is 35.5 Å². The van der Waals surface area contributed by atoms with Crippen LogP contribution in [0.2, 0.25) is 0 Å². The Balaban J connectivity index is 2.18. The van der Waals surface area contributed by atoms with Crippen LogP contribution in [0.5, 0.6) is 0 Å². The molecule has 22 heteroatoms. The Morgan fingerprint density at radius 1 is 0.870 bits per heavy atom. The standard InChI is InChI=1S/C24H29N7O15/c1-10(20(36)25-2)44-15(33)7-14(23(40)41)46-16(34)5-12(45-17(35)6-13(43-4)22(38)39)21(37)26-8-11(32)18-19-28-29-30(3)24(42)31(19)9-27-18/h9-10,12-14H,5-8H2,1-4H3,(H,25,36)(H,26,37)(H,38,39)(H,40,41). The van der Waals surface area contributed by atoms with Crippen molar-refractivity contribution in [1.82, 2.24) is 35.0 Å². The smallest absolute Gasteiger partial charge is 0.352 e. The van der Waals surface area contributed by atoms with Crippen LogP contribution in [-0.4, -0.2) is 127 Å². The molecule has 0 bridgehead atoms. The number of esters is 3. The number of carbonyl (C=O) groups excluding carboxylic acids is 6. The van der Waals surface area contributed by atoms with Crippen molar-refractivity contribution in [3.63, 3.8) is 0 Å². The van der Waals surface area contributed by atoms with E-state index in [0.29, 0.717) is 0 Å².